The fourth-order valence-corrected chi connectivity index (χ4v) is 3.53. The molecular weight excluding hydrogens is 336 g/mol. The lowest BCUT2D eigenvalue weighted by Gasteiger charge is -2.29. The summed E-state index contributed by atoms with van der Waals surface area (Å²) in [7, 11) is 0. The summed E-state index contributed by atoms with van der Waals surface area (Å²) in [5.41, 5.74) is 8.25. The third-order valence-corrected chi connectivity index (χ3v) is 5.27. The van der Waals surface area contributed by atoms with E-state index in [1.165, 1.54) is 16.9 Å². The number of amides is 1. The maximum absolute atomic E-state index is 12.1. The summed E-state index contributed by atoms with van der Waals surface area (Å²) in [6.07, 6.45) is 1.57. The molecule has 1 aromatic carbocycles. The van der Waals surface area contributed by atoms with Crippen molar-refractivity contribution >= 4 is 17.2 Å². The Kier molecular flexibility index (Phi) is 6.14. The molecule has 0 atom stereocenters. The zero-order valence-corrected chi connectivity index (χ0v) is 15.0. The molecule has 2 aromatic rings. The van der Waals surface area contributed by atoms with Gasteiger partial charge in [0.1, 0.15) is 10.7 Å². The van der Waals surface area contributed by atoms with Crippen LogP contribution in [0, 0.1) is 0 Å². The number of piperidine rings is 1. The third kappa shape index (κ3) is 5.09. The molecule has 0 saturated carbocycles. The van der Waals surface area contributed by atoms with E-state index in [2.05, 4.69) is 27.3 Å². The van der Waals surface area contributed by atoms with E-state index in [1.54, 1.807) is 5.38 Å². The zero-order chi connectivity index (χ0) is 17.6. The van der Waals surface area contributed by atoms with E-state index in [-0.39, 0.29) is 12.0 Å². The van der Waals surface area contributed by atoms with Crippen LogP contribution in [0.3, 0.4) is 0 Å². The van der Waals surface area contributed by atoms with Crippen LogP contribution < -0.4 is 11.1 Å². The molecule has 0 aliphatic carbocycles. The van der Waals surface area contributed by atoms with Crippen LogP contribution in [0.2, 0.25) is 0 Å². The average Bonchev–Trinajstić information content (AvgIpc) is 3.12. The van der Waals surface area contributed by atoms with Crippen molar-refractivity contribution in [2.24, 2.45) is 5.73 Å². The number of aromatic nitrogens is 1. The monoisotopic (exact) mass is 360 g/mol. The molecule has 1 saturated heterocycles. The van der Waals surface area contributed by atoms with Crippen molar-refractivity contribution in [2.45, 2.75) is 38.6 Å². The van der Waals surface area contributed by atoms with Crippen LogP contribution in [-0.2, 0) is 19.6 Å². The first-order chi connectivity index (χ1) is 12.1. The molecule has 0 bridgehead atoms. The van der Waals surface area contributed by atoms with Crippen molar-refractivity contribution in [3.8, 4) is 0 Å². The number of carbonyl (C=O) groups excluding carboxylic acids is 1. The van der Waals surface area contributed by atoms with E-state index in [9.17, 15) is 9.90 Å². The van der Waals surface area contributed by atoms with E-state index in [0.29, 0.717) is 18.8 Å². The Morgan fingerprint density at radius 3 is 2.60 bits per heavy atom. The van der Waals surface area contributed by atoms with E-state index in [1.807, 2.05) is 12.1 Å². The highest BCUT2D eigenvalue weighted by atomic mass is 32.1. The summed E-state index contributed by atoms with van der Waals surface area (Å²) in [5.74, 6) is -0.174. The van der Waals surface area contributed by atoms with Crippen LogP contribution in [0.4, 0.5) is 0 Å². The van der Waals surface area contributed by atoms with Gasteiger partial charge in [-0.05, 0) is 24.0 Å². The standard InChI is InChI=1S/C18H24N4O2S/c19-9-17-21-16(12-25-17)18(24)20-10-13-1-3-14(4-2-13)11-22-7-5-15(23)6-8-22/h1-4,12,15,23H,5-11,19H2,(H,20,24). The van der Waals surface area contributed by atoms with Crippen molar-refractivity contribution < 1.29 is 9.90 Å². The minimum atomic E-state index is -0.174. The lowest BCUT2D eigenvalue weighted by Crippen LogP contribution is -2.35. The topological polar surface area (TPSA) is 91.5 Å². The largest absolute Gasteiger partial charge is 0.393 e. The second kappa shape index (κ2) is 8.53. The predicted molar refractivity (Wildman–Crippen MR) is 98.1 cm³/mol. The average molecular weight is 360 g/mol. The second-order valence-corrected chi connectivity index (χ2v) is 7.28. The van der Waals surface area contributed by atoms with Crippen LogP contribution in [0.5, 0.6) is 0 Å². The van der Waals surface area contributed by atoms with Crippen LogP contribution in [-0.4, -0.2) is 40.1 Å². The van der Waals surface area contributed by atoms with Gasteiger partial charge in [-0.3, -0.25) is 9.69 Å². The zero-order valence-electron chi connectivity index (χ0n) is 14.1. The van der Waals surface area contributed by atoms with Gasteiger partial charge in [0.25, 0.3) is 5.91 Å². The van der Waals surface area contributed by atoms with Crippen LogP contribution in [0.1, 0.15) is 39.5 Å². The Morgan fingerprint density at radius 1 is 1.28 bits per heavy atom. The predicted octanol–water partition coefficient (Wildman–Crippen LogP) is 1.49. The van der Waals surface area contributed by atoms with Crippen LogP contribution in [0.15, 0.2) is 29.6 Å². The molecule has 134 valence electrons. The molecule has 1 aliphatic heterocycles. The molecule has 25 heavy (non-hydrogen) atoms. The molecule has 1 amide bonds. The number of carbonyl (C=O) groups is 1. The van der Waals surface area contributed by atoms with E-state index in [4.69, 9.17) is 5.73 Å². The summed E-state index contributed by atoms with van der Waals surface area (Å²) in [5, 5.41) is 14.9. The minimum Gasteiger partial charge on any atom is -0.393 e. The fraction of sp³-hybridized carbons (Fsp3) is 0.444. The number of benzene rings is 1. The SMILES string of the molecule is NCc1nc(C(=O)NCc2ccc(CN3CCC(O)CC3)cc2)cs1. The number of aliphatic hydroxyl groups is 1. The fourth-order valence-electron chi connectivity index (χ4n) is 2.88. The minimum absolute atomic E-state index is 0.138. The van der Waals surface area contributed by atoms with Gasteiger partial charge >= 0.3 is 0 Å². The molecule has 1 fully saturated rings. The number of nitrogens with one attached hydrogen (secondary N) is 1. The molecule has 0 spiro atoms. The Hall–Kier alpha value is -1.80. The second-order valence-electron chi connectivity index (χ2n) is 6.34. The van der Waals surface area contributed by atoms with Crippen LogP contribution in [0.25, 0.3) is 0 Å². The van der Waals surface area contributed by atoms with Crippen molar-refractivity contribution in [3.05, 3.63) is 51.5 Å². The molecule has 1 aromatic heterocycles. The summed E-state index contributed by atoms with van der Waals surface area (Å²) < 4.78 is 0. The highest BCUT2D eigenvalue weighted by molar-refractivity contribution is 7.09. The number of thiazole rings is 1. The molecule has 4 N–H and O–H groups in total. The van der Waals surface area contributed by atoms with Gasteiger partial charge < -0.3 is 16.2 Å². The number of rotatable bonds is 6. The van der Waals surface area contributed by atoms with Gasteiger partial charge in [0.05, 0.1) is 6.10 Å². The van der Waals surface area contributed by atoms with Gasteiger partial charge in [-0.25, -0.2) is 4.98 Å². The van der Waals surface area contributed by atoms with Gasteiger partial charge in [-0.2, -0.15) is 0 Å². The molecule has 0 unspecified atom stereocenters. The van der Waals surface area contributed by atoms with Gasteiger partial charge in [-0.1, -0.05) is 24.3 Å². The van der Waals surface area contributed by atoms with Crippen LogP contribution >= 0.6 is 11.3 Å². The van der Waals surface area contributed by atoms with Crippen molar-refractivity contribution in [1.82, 2.24) is 15.2 Å². The van der Waals surface area contributed by atoms with E-state index >= 15 is 0 Å². The van der Waals surface area contributed by atoms with Gasteiger partial charge in [0, 0.05) is 38.1 Å². The molecule has 0 radical (unpaired) electrons. The van der Waals surface area contributed by atoms with Gasteiger partial charge in [0.15, 0.2) is 0 Å². The van der Waals surface area contributed by atoms with E-state index in [0.717, 1.165) is 43.0 Å². The Morgan fingerprint density at radius 2 is 1.96 bits per heavy atom. The first-order valence-electron chi connectivity index (χ1n) is 8.55. The molecule has 6 nitrogen and oxygen atoms in total. The highest BCUT2D eigenvalue weighted by Gasteiger charge is 2.16. The Bertz CT molecular complexity index is 693. The van der Waals surface area contributed by atoms with Gasteiger partial charge in [0.2, 0.25) is 0 Å². The molecule has 7 heteroatoms. The first-order valence-corrected chi connectivity index (χ1v) is 9.43. The highest BCUT2D eigenvalue weighted by Crippen LogP contribution is 2.14. The van der Waals surface area contributed by atoms with Crippen molar-refractivity contribution in [1.29, 1.82) is 0 Å². The van der Waals surface area contributed by atoms with Crippen molar-refractivity contribution in [2.75, 3.05) is 13.1 Å². The molecular formula is C18H24N4O2S. The number of likely N-dealkylation sites (tertiary alicyclic amines) is 1. The summed E-state index contributed by atoms with van der Waals surface area (Å²) >= 11 is 1.40. The van der Waals surface area contributed by atoms with Gasteiger partial charge in [-0.15, -0.1) is 11.3 Å². The molecule has 2 heterocycles. The van der Waals surface area contributed by atoms with E-state index < -0.39 is 0 Å². The summed E-state index contributed by atoms with van der Waals surface area (Å²) in [4.78, 5) is 18.6. The maximum Gasteiger partial charge on any atom is 0.271 e. The number of hydrogen-bond donors (Lipinski definition) is 3. The Balaban J connectivity index is 1.48. The smallest absolute Gasteiger partial charge is 0.271 e. The normalized spacial score (nSPS) is 16.1. The Labute approximate surface area is 151 Å². The number of nitrogens with zero attached hydrogens (tertiary/aromatic N) is 2. The number of aliphatic hydroxyl groups excluding tert-OH is 1. The summed E-state index contributed by atoms with van der Waals surface area (Å²) in [6, 6.07) is 8.28. The number of hydrogen-bond acceptors (Lipinski definition) is 6. The lowest BCUT2D eigenvalue weighted by atomic mass is 10.1. The molecule has 3 rings (SSSR count). The van der Waals surface area contributed by atoms with Crippen molar-refractivity contribution in [3.63, 3.8) is 0 Å². The molecule has 1 aliphatic rings. The maximum atomic E-state index is 12.1. The third-order valence-electron chi connectivity index (χ3n) is 4.40. The lowest BCUT2D eigenvalue weighted by molar-refractivity contribution is 0.0792. The quantitative estimate of drug-likeness (QED) is 0.726. The first kappa shape index (κ1) is 18.0. The number of nitrogens with two attached hydrogens (primary N) is 1. The summed E-state index contributed by atoms with van der Waals surface area (Å²) in [6.45, 7) is 3.62.